The fourth-order valence-electron chi connectivity index (χ4n) is 2.05. The zero-order valence-corrected chi connectivity index (χ0v) is 10.3. The van der Waals surface area contributed by atoms with Crippen LogP contribution in [0, 0.1) is 5.92 Å². The van der Waals surface area contributed by atoms with E-state index < -0.39 is 0 Å². The van der Waals surface area contributed by atoms with Crippen LogP contribution in [-0.4, -0.2) is 32.0 Å². The van der Waals surface area contributed by atoms with Gasteiger partial charge in [0.2, 0.25) is 5.91 Å². The van der Waals surface area contributed by atoms with Crippen LogP contribution in [0.3, 0.4) is 0 Å². The third kappa shape index (κ3) is 4.49. The average molecular weight is 229 g/mol. The number of carbonyl (C=O) groups excluding carboxylic acids is 1. The normalized spacial score (nSPS) is 16.9. The molecule has 0 spiro atoms. The van der Waals surface area contributed by atoms with Gasteiger partial charge < -0.3 is 14.8 Å². The monoisotopic (exact) mass is 229 g/mol. The largest absolute Gasteiger partial charge is 0.351 e. The molecule has 0 aromatic carbocycles. The summed E-state index contributed by atoms with van der Waals surface area (Å²) in [4.78, 5) is 11.7. The van der Waals surface area contributed by atoms with Crippen molar-refractivity contribution in [3.63, 3.8) is 0 Å². The molecule has 1 fully saturated rings. The van der Waals surface area contributed by atoms with Gasteiger partial charge in [-0.2, -0.15) is 0 Å². The number of nitrogens with one attached hydrogen (secondary N) is 1. The Morgan fingerprint density at radius 2 is 1.81 bits per heavy atom. The molecule has 1 amide bonds. The van der Waals surface area contributed by atoms with Gasteiger partial charge in [-0.3, -0.25) is 4.79 Å². The Bertz CT molecular complexity index is 196. The quantitative estimate of drug-likeness (QED) is 0.676. The van der Waals surface area contributed by atoms with Crippen molar-refractivity contribution in [1.29, 1.82) is 0 Å². The van der Waals surface area contributed by atoms with Crippen molar-refractivity contribution < 1.29 is 14.3 Å². The van der Waals surface area contributed by atoms with Gasteiger partial charge >= 0.3 is 0 Å². The van der Waals surface area contributed by atoms with E-state index in [1.807, 2.05) is 13.8 Å². The van der Waals surface area contributed by atoms with Gasteiger partial charge in [-0.05, 0) is 26.7 Å². The Balaban J connectivity index is 2.21. The highest BCUT2D eigenvalue weighted by Gasteiger charge is 2.23. The van der Waals surface area contributed by atoms with Crippen molar-refractivity contribution in [2.75, 3.05) is 19.8 Å². The second-order valence-electron chi connectivity index (χ2n) is 4.07. The topological polar surface area (TPSA) is 47.6 Å². The third-order valence-electron chi connectivity index (χ3n) is 2.87. The first-order chi connectivity index (χ1) is 7.77. The first kappa shape index (κ1) is 13.5. The molecule has 1 rings (SSSR count). The second-order valence-corrected chi connectivity index (χ2v) is 4.07. The lowest BCUT2D eigenvalue weighted by Crippen LogP contribution is -2.38. The van der Waals surface area contributed by atoms with E-state index in [1.54, 1.807) is 0 Å². The lowest BCUT2D eigenvalue weighted by molar-refractivity contribution is -0.142. The van der Waals surface area contributed by atoms with Crippen LogP contribution in [0.5, 0.6) is 0 Å². The average Bonchev–Trinajstić information content (AvgIpc) is 2.79. The van der Waals surface area contributed by atoms with E-state index in [9.17, 15) is 4.79 Å². The van der Waals surface area contributed by atoms with Gasteiger partial charge in [0.05, 0.1) is 6.54 Å². The molecule has 0 aromatic heterocycles. The molecule has 0 bridgehead atoms. The van der Waals surface area contributed by atoms with Crippen LogP contribution in [0.4, 0.5) is 0 Å². The predicted octanol–water partition coefficient (Wildman–Crippen LogP) is 1.69. The van der Waals surface area contributed by atoms with E-state index >= 15 is 0 Å². The van der Waals surface area contributed by atoms with Gasteiger partial charge in [-0.1, -0.05) is 12.8 Å². The molecular formula is C12H23NO3. The molecule has 0 radical (unpaired) electrons. The number of amides is 1. The highest BCUT2D eigenvalue weighted by Crippen LogP contribution is 2.24. The Morgan fingerprint density at radius 3 is 2.31 bits per heavy atom. The summed E-state index contributed by atoms with van der Waals surface area (Å²) in [7, 11) is 0. The maximum Gasteiger partial charge on any atom is 0.223 e. The highest BCUT2D eigenvalue weighted by molar-refractivity contribution is 5.78. The number of rotatable bonds is 7. The summed E-state index contributed by atoms with van der Waals surface area (Å²) < 4.78 is 10.7. The third-order valence-corrected chi connectivity index (χ3v) is 2.87. The lowest BCUT2D eigenvalue weighted by Gasteiger charge is -2.18. The van der Waals surface area contributed by atoms with E-state index in [4.69, 9.17) is 9.47 Å². The Kier molecular flexibility index (Phi) is 6.42. The number of carbonyl (C=O) groups is 1. The maximum absolute atomic E-state index is 11.7. The minimum atomic E-state index is -0.305. The molecule has 1 aliphatic rings. The zero-order valence-electron chi connectivity index (χ0n) is 10.3. The van der Waals surface area contributed by atoms with Gasteiger partial charge in [-0.15, -0.1) is 0 Å². The first-order valence-electron chi connectivity index (χ1n) is 6.28. The minimum Gasteiger partial charge on any atom is -0.351 e. The number of ether oxygens (including phenoxy) is 2. The SMILES string of the molecule is CCOC(CNC(=O)C1CCCC1)OCC. The van der Waals surface area contributed by atoms with Crippen LogP contribution in [-0.2, 0) is 14.3 Å². The maximum atomic E-state index is 11.7. The molecule has 16 heavy (non-hydrogen) atoms. The van der Waals surface area contributed by atoms with Gasteiger partial charge in [-0.25, -0.2) is 0 Å². The molecule has 4 heteroatoms. The van der Waals surface area contributed by atoms with Crippen LogP contribution < -0.4 is 5.32 Å². The van der Waals surface area contributed by atoms with Crippen LogP contribution in [0.15, 0.2) is 0 Å². The van der Waals surface area contributed by atoms with Crippen LogP contribution in [0.1, 0.15) is 39.5 Å². The summed E-state index contributed by atoms with van der Waals surface area (Å²) in [5.74, 6) is 0.366. The summed E-state index contributed by atoms with van der Waals surface area (Å²) in [6, 6.07) is 0. The van der Waals surface area contributed by atoms with E-state index in [1.165, 1.54) is 12.8 Å². The van der Waals surface area contributed by atoms with Crippen molar-refractivity contribution >= 4 is 5.91 Å². The molecule has 94 valence electrons. The summed E-state index contributed by atoms with van der Waals surface area (Å²) in [5.41, 5.74) is 0. The summed E-state index contributed by atoms with van der Waals surface area (Å²) in [6.45, 7) is 5.50. The van der Waals surface area contributed by atoms with E-state index in [-0.39, 0.29) is 18.1 Å². The minimum absolute atomic E-state index is 0.155. The van der Waals surface area contributed by atoms with Crippen molar-refractivity contribution in [2.45, 2.75) is 45.8 Å². The number of hydrogen-bond acceptors (Lipinski definition) is 3. The predicted molar refractivity (Wildman–Crippen MR) is 62.0 cm³/mol. The van der Waals surface area contributed by atoms with Crippen LogP contribution in [0.25, 0.3) is 0 Å². The molecule has 0 heterocycles. The van der Waals surface area contributed by atoms with Gasteiger partial charge in [0.1, 0.15) is 0 Å². The van der Waals surface area contributed by atoms with Crippen molar-refractivity contribution in [2.24, 2.45) is 5.92 Å². The molecule has 4 nitrogen and oxygen atoms in total. The van der Waals surface area contributed by atoms with Crippen molar-refractivity contribution in [3.8, 4) is 0 Å². The molecule has 0 unspecified atom stereocenters. The summed E-state index contributed by atoms with van der Waals surface area (Å²) in [5, 5.41) is 2.91. The molecule has 1 N–H and O–H groups in total. The van der Waals surface area contributed by atoms with Gasteiger partial charge in [0, 0.05) is 19.1 Å². The molecule has 0 aromatic rings. The van der Waals surface area contributed by atoms with Crippen molar-refractivity contribution in [1.82, 2.24) is 5.32 Å². The fourth-order valence-corrected chi connectivity index (χ4v) is 2.05. The zero-order chi connectivity index (χ0) is 11.8. The summed E-state index contributed by atoms with van der Waals surface area (Å²) in [6.07, 6.45) is 4.11. The Hall–Kier alpha value is -0.610. The smallest absolute Gasteiger partial charge is 0.223 e. The second kappa shape index (κ2) is 7.63. The molecular weight excluding hydrogens is 206 g/mol. The van der Waals surface area contributed by atoms with E-state index in [2.05, 4.69) is 5.32 Å². The van der Waals surface area contributed by atoms with Gasteiger partial charge in [0.25, 0.3) is 0 Å². The standard InChI is InChI=1S/C12H23NO3/c1-3-15-11(16-4-2)9-13-12(14)10-7-5-6-8-10/h10-11H,3-9H2,1-2H3,(H,13,14). The molecule has 0 aliphatic heterocycles. The van der Waals surface area contributed by atoms with E-state index in [0.29, 0.717) is 19.8 Å². The Labute approximate surface area is 97.7 Å². The molecule has 1 aliphatic carbocycles. The lowest BCUT2D eigenvalue weighted by atomic mass is 10.1. The van der Waals surface area contributed by atoms with Gasteiger partial charge in [0.15, 0.2) is 6.29 Å². The molecule has 1 saturated carbocycles. The fraction of sp³-hybridized carbons (Fsp3) is 0.917. The molecule has 0 atom stereocenters. The van der Waals surface area contributed by atoms with E-state index in [0.717, 1.165) is 12.8 Å². The van der Waals surface area contributed by atoms with Crippen LogP contribution in [0.2, 0.25) is 0 Å². The first-order valence-corrected chi connectivity index (χ1v) is 6.28. The number of hydrogen-bond donors (Lipinski definition) is 1. The highest BCUT2D eigenvalue weighted by atomic mass is 16.7. The Morgan fingerprint density at radius 1 is 1.25 bits per heavy atom. The summed E-state index contributed by atoms with van der Waals surface area (Å²) >= 11 is 0. The van der Waals surface area contributed by atoms with Crippen LogP contribution >= 0.6 is 0 Å². The molecule has 0 saturated heterocycles. The van der Waals surface area contributed by atoms with Crippen molar-refractivity contribution in [3.05, 3.63) is 0 Å².